The molecule has 4 nitrogen and oxygen atoms in total. The van der Waals surface area contributed by atoms with E-state index in [1.165, 1.54) is 0 Å². The standard InChI is InChI=1S/C15H16ClIN2O2/c1-8(2)12-11(17)14(16)19-15(18-12)9-6-5-7-10(20-3)13(9)21-4/h5-8H,1-4H3. The van der Waals surface area contributed by atoms with E-state index in [-0.39, 0.29) is 5.92 Å². The second kappa shape index (κ2) is 6.79. The maximum absolute atomic E-state index is 6.25. The summed E-state index contributed by atoms with van der Waals surface area (Å²) in [4.78, 5) is 9.03. The molecule has 1 heterocycles. The van der Waals surface area contributed by atoms with Crippen molar-refractivity contribution in [1.29, 1.82) is 0 Å². The van der Waals surface area contributed by atoms with Gasteiger partial charge in [-0.05, 0) is 40.6 Å². The molecule has 0 bridgehead atoms. The highest BCUT2D eigenvalue weighted by Gasteiger charge is 2.18. The van der Waals surface area contributed by atoms with Gasteiger partial charge in [0, 0.05) is 0 Å². The number of rotatable bonds is 4. The molecular formula is C15H16ClIN2O2. The second-order valence-electron chi connectivity index (χ2n) is 4.73. The molecule has 1 aromatic carbocycles. The zero-order valence-corrected chi connectivity index (χ0v) is 15.2. The fraction of sp³-hybridized carbons (Fsp3) is 0.333. The summed E-state index contributed by atoms with van der Waals surface area (Å²) in [5.74, 6) is 2.04. The van der Waals surface area contributed by atoms with Gasteiger partial charge in [-0.15, -0.1) is 0 Å². The van der Waals surface area contributed by atoms with Crippen LogP contribution in [0, 0.1) is 3.57 Å². The monoisotopic (exact) mass is 418 g/mol. The van der Waals surface area contributed by atoms with Gasteiger partial charge in [-0.3, -0.25) is 0 Å². The first-order valence-electron chi connectivity index (χ1n) is 6.43. The van der Waals surface area contributed by atoms with Gasteiger partial charge in [0.25, 0.3) is 0 Å². The molecule has 0 fully saturated rings. The van der Waals surface area contributed by atoms with E-state index >= 15 is 0 Å². The number of hydrogen-bond donors (Lipinski definition) is 0. The van der Waals surface area contributed by atoms with Crippen LogP contribution < -0.4 is 9.47 Å². The molecular weight excluding hydrogens is 403 g/mol. The molecule has 0 aliphatic rings. The van der Waals surface area contributed by atoms with Gasteiger partial charge in [0.2, 0.25) is 0 Å². The van der Waals surface area contributed by atoms with E-state index in [2.05, 4.69) is 46.4 Å². The van der Waals surface area contributed by atoms with Crippen LogP contribution in [0.15, 0.2) is 18.2 Å². The zero-order valence-electron chi connectivity index (χ0n) is 12.3. The maximum Gasteiger partial charge on any atom is 0.171 e. The number of halogens is 2. The molecule has 0 N–H and O–H groups in total. The lowest BCUT2D eigenvalue weighted by atomic mass is 10.1. The van der Waals surface area contributed by atoms with Crippen molar-refractivity contribution in [1.82, 2.24) is 9.97 Å². The van der Waals surface area contributed by atoms with Crippen LogP contribution in [0.25, 0.3) is 11.4 Å². The van der Waals surface area contributed by atoms with Crippen molar-refractivity contribution in [2.75, 3.05) is 14.2 Å². The summed E-state index contributed by atoms with van der Waals surface area (Å²) < 4.78 is 11.6. The summed E-state index contributed by atoms with van der Waals surface area (Å²) in [6.45, 7) is 4.15. The number of ether oxygens (including phenoxy) is 2. The Balaban J connectivity index is 2.68. The average molecular weight is 419 g/mol. The first-order chi connectivity index (χ1) is 9.99. The Morgan fingerprint density at radius 1 is 1.14 bits per heavy atom. The number of para-hydroxylation sites is 1. The maximum atomic E-state index is 6.25. The third-order valence-corrected chi connectivity index (χ3v) is 4.68. The van der Waals surface area contributed by atoms with Gasteiger partial charge >= 0.3 is 0 Å². The van der Waals surface area contributed by atoms with E-state index in [9.17, 15) is 0 Å². The van der Waals surface area contributed by atoms with E-state index in [0.717, 1.165) is 14.8 Å². The molecule has 6 heteroatoms. The Bertz CT molecular complexity index is 662. The van der Waals surface area contributed by atoms with Crippen molar-refractivity contribution in [3.8, 4) is 22.9 Å². The molecule has 0 saturated carbocycles. The van der Waals surface area contributed by atoms with Crippen LogP contribution in [-0.4, -0.2) is 24.2 Å². The fourth-order valence-electron chi connectivity index (χ4n) is 2.00. The van der Waals surface area contributed by atoms with Gasteiger partial charge in [0.05, 0.1) is 29.0 Å². The zero-order chi connectivity index (χ0) is 15.6. The molecule has 0 amide bonds. The Morgan fingerprint density at radius 2 is 1.86 bits per heavy atom. The molecule has 2 aromatic rings. The van der Waals surface area contributed by atoms with Crippen LogP contribution >= 0.6 is 34.2 Å². The second-order valence-corrected chi connectivity index (χ2v) is 6.17. The van der Waals surface area contributed by atoms with E-state index in [1.54, 1.807) is 14.2 Å². The number of nitrogens with zero attached hydrogens (tertiary/aromatic N) is 2. The van der Waals surface area contributed by atoms with Crippen LogP contribution in [0.3, 0.4) is 0 Å². The minimum absolute atomic E-state index is 0.257. The summed E-state index contributed by atoms with van der Waals surface area (Å²) in [5.41, 5.74) is 1.69. The SMILES string of the molecule is COc1cccc(-c2nc(Cl)c(I)c(C(C)C)n2)c1OC. The van der Waals surface area contributed by atoms with Crippen molar-refractivity contribution >= 4 is 34.2 Å². The number of benzene rings is 1. The van der Waals surface area contributed by atoms with Crippen molar-refractivity contribution in [2.24, 2.45) is 0 Å². The van der Waals surface area contributed by atoms with E-state index in [1.807, 2.05) is 18.2 Å². The summed E-state index contributed by atoms with van der Waals surface area (Å²) in [5, 5.41) is 0.453. The van der Waals surface area contributed by atoms with Crippen LogP contribution in [-0.2, 0) is 0 Å². The largest absolute Gasteiger partial charge is 0.493 e. The predicted octanol–water partition coefficient (Wildman–Crippen LogP) is 4.54. The Hall–Kier alpha value is -1.08. The van der Waals surface area contributed by atoms with Gasteiger partial charge in [-0.1, -0.05) is 31.5 Å². The van der Waals surface area contributed by atoms with E-state index in [0.29, 0.717) is 22.5 Å². The van der Waals surface area contributed by atoms with Crippen molar-refractivity contribution < 1.29 is 9.47 Å². The smallest absolute Gasteiger partial charge is 0.171 e. The quantitative estimate of drug-likeness (QED) is 0.540. The number of aromatic nitrogens is 2. The highest BCUT2D eigenvalue weighted by atomic mass is 127. The first kappa shape index (κ1) is 16.3. The lowest BCUT2D eigenvalue weighted by Crippen LogP contribution is -2.03. The topological polar surface area (TPSA) is 44.2 Å². The molecule has 1 aromatic heterocycles. The Kier molecular flexibility index (Phi) is 5.27. The van der Waals surface area contributed by atoms with Crippen molar-refractivity contribution in [2.45, 2.75) is 19.8 Å². The first-order valence-corrected chi connectivity index (χ1v) is 7.89. The van der Waals surface area contributed by atoms with Crippen molar-refractivity contribution in [3.63, 3.8) is 0 Å². The van der Waals surface area contributed by atoms with Gasteiger partial charge in [0.1, 0.15) is 5.15 Å². The highest BCUT2D eigenvalue weighted by Crippen LogP contribution is 2.37. The minimum Gasteiger partial charge on any atom is -0.493 e. The highest BCUT2D eigenvalue weighted by molar-refractivity contribution is 14.1. The van der Waals surface area contributed by atoms with Gasteiger partial charge in [-0.25, -0.2) is 9.97 Å². The summed E-state index contributed by atoms with van der Waals surface area (Å²) in [6.07, 6.45) is 0. The third-order valence-electron chi connectivity index (χ3n) is 3.03. The lowest BCUT2D eigenvalue weighted by Gasteiger charge is -2.14. The molecule has 0 aliphatic heterocycles. The van der Waals surface area contributed by atoms with Gasteiger partial charge in [-0.2, -0.15) is 0 Å². The predicted molar refractivity (Wildman–Crippen MR) is 92.4 cm³/mol. The van der Waals surface area contributed by atoms with Crippen LogP contribution in [0.4, 0.5) is 0 Å². The summed E-state index contributed by atoms with van der Waals surface area (Å²) in [6, 6.07) is 5.60. The molecule has 0 spiro atoms. The van der Waals surface area contributed by atoms with Gasteiger partial charge < -0.3 is 9.47 Å². The van der Waals surface area contributed by atoms with Crippen molar-refractivity contribution in [3.05, 3.63) is 32.6 Å². The minimum atomic E-state index is 0.257. The van der Waals surface area contributed by atoms with Crippen LogP contribution in [0.5, 0.6) is 11.5 Å². The average Bonchev–Trinajstić information content (AvgIpc) is 2.48. The molecule has 0 atom stereocenters. The summed E-state index contributed by atoms with van der Waals surface area (Å²) >= 11 is 8.43. The van der Waals surface area contributed by atoms with E-state index < -0.39 is 0 Å². The molecule has 0 saturated heterocycles. The lowest BCUT2D eigenvalue weighted by molar-refractivity contribution is 0.356. The Labute approximate surface area is 143 Å². The van der Waals surface area contributed by atoms with Crippen LogP contribution in [0.2, 0.25) is 5.15 Å². The molecule has 0 aliphatic carbocycles. The molecule has 2 rings (SSSR count). The number of methoxy groups -OCH3 is 2. The Morgan fingerprint density at radius 3 is 2.43 bits per heavy atom. The summed E-state index contributed by atoms with van der Waals surface area (Å²) in [7, 11) is 3.20. The third kappa shape index (κ3) is 3.23. The number of hydrogen-bond acceptors (Lipinski definition) is 4. The fourth-order valence-corrected chi connectivity index (χ4v) is 3.04. The molecule has 21 heavy (non-hydrogen) atoms. The normalized spacial score (nSPS) is 10.8. The molecule has 0 unspecified atom stereocenters. The van der Waals surface area contributed by atoms with Crippen LogP contribution in [0.1, 0.15) is 25.5 Å². The molecule has 112 valence electrons. The molecule has 0 radical (unpaired) electrons. The van der Waals surface area contributed by atoms with Gasteiger partial charge in [0.15, 0.2) is 17.3 Å². The van der Waals surface area contributed by atoms with E-state index in [4.69, 9.17) is 21.1 Å².